The van der Waals surface area contributed by atoms with Crippen molar-refractivity contribution in [2.24, 2.45) is 5.73 Å². The van der Waals surface area contributed by atoms with Gasteiger partial charge in [0.25, 0.3) is 5.91 Å². The predicted octanol–water partition coefficient (Wildman–Crippen LogP) is 0.609. The lowest BCUT2D eigenvalue weighted by Crippen LogP contribution is -2.16. The second kappa shape index (κ2) is 3.66. The van der Waals surface area contributed by atoms with Crippen LogP contribution in [0.25, 0.3) is 0 Å². The molecule has 1 amide bonds. The molecule has 0 saturated carbocycles. The predicted molar refractivity (Wildman–Crippen MR) is 45.0 cm³/mol. The summed E-state index contributed by atoms with van der Waals surface area (Å²) in [6.07, 6.45) is 0.366. The molecule has 0 aliphatic carbocycles. The number of rotatable bonds is 2. The molecule has 1 rings (SSSR count). The molecule has 0 atom stereocenters. The zero-order valence-corrected chi connectivity index (χ0v) is 6.95. The van der Waals surface area contributed by atoms with Crippen LogP contribution in [-0.4, -0.2) is 12.2 Å². The van der Waals surface area contributed by atoms with Crippen LogP contribution in [0.2, 0.25) is 0 Å². The first-order valence-electron chi connectivity index (χ1n) is 3.59. The van der Waals surface area contributed by atoms with E-state index in [1.54, 1.807) is 6.07 Å². The summed E-state index contributed by atoms with van der Waals surface area (Å²) in [5.74, 6) is -1.97. The average molecular weight is 192 g/mol. The molecule has 1 aromatic carbocycles. The van der Waals surface area contributed by atoms with E-state index in [4.69, 9.17) is 11.0 Å². The minimum absolute atomic E-state index is 0.0531. The Kier molecular flexibility index (Phi) is 2.58. The van der Waals surface area contributed by atoms with Crippen LogP contribution in [0.4, 0.5) is 4.39 Å². The second-order valence-electron chi connectivity index (χ2n) is 2.48. The van der Waals surface area contributed by atoms with Gasteiger partial charge in [0.15, 0.2) is 6.29 Å². The summed E-state index contributed by atoms with van der Waals surface area (Å²) in [5.41, 5.74) is 3.94. The highest BCUT2D eigenvalue weighted by Gasteiger charge is 2.17. The van der Waals surface area contributed by atoms with Gasteiger partial charge in [-0.05, 0) is 12.1 Å². The van der Waals surface area contributed by atoms with Gasteiger partial charge in [0.2, 0.25) is 0 Å². The molecule has 0 aliphatic heterocycles. The Labute approximate surface area is 78.7 Å². The monoisotopic (exact) mass is 192 g/mol. The Morgan fingerprint density at radius 2 is 2.21 bits per heavy atom. The van der Waals surface area contributed by atoms with Gasteiger partial charge in [0, 0.05) is 5.56 Å². The van der Waals surface area contributed by atoms with Crippen molar-refractivity contribution >= 4 is 12.2 Å². The van der Waals surface area contributed by atoms with Crippen molar-refractivity contribution in [3.8, 4) is 6.07 Å². The third-order valence-corrected chi connectivity index (χ3v) is 1.67. The molecule has 0 bridgehead atoms. The van der Waals surface area contributed by atoms with E-state index in [2.05, 4.69) is 0 Å². The topological polar surface area (TPSA) is 83.9 Å². The van der Waals surface area contributed by atoms with Gasteiger partial charge in [-0.2, -0.15) is 5.26 Å². The molecule has 2 N–H and O–H groups in total. The second-order valence-corrected chi connectivity index (χ2v) is 2.48. The van der Waals surface area contributed by atoms with E-state index >= 15 is 0 Å². The number of carbonyl (C=O) groups excluding carboxylic acids is 2. The minimum atomic E-state index is -1.07. The largest absolute Gasteiger partial charge is 0.365 e. The van der Waals surface area contributed by atoms with E-state index in [0.717, 1.165) is 12.1 Å². The Morgan fingerprint density at radius 1 is 1.57 bits per heavy atom. The van der Waals surface area contributed by atoms with Gasteiger partial charge in [0.05, 0.1) is 11.1 Å². The van der Waals surface area contributed by atoms with Crippen LogP contribution < -0.4 is 5.73 Å². The number of carbonyl (C=O) groups is 2. The molecule has 0 spiro atoms. The van der Waals surface area contributed by atoms with Gasteiger partial charge in [0.1, 0.15) is 11.9 Å². The molecule has 0 fully saturated rings. The molecule has 0 saturated heterocycles. The van der Waals surface area contributed by atoms with E-state index in [0.29, 0.717) is 6.29 Å². The minimum Gasteiger partial charge on any atom is -0.365 e. The van der Waals surface area contributed by atoms with Crippen LogP contribution in [0, 0.1) is 17.1 Å². The van der Waals surface area contributed by atoms with Gasteiger partial charge < -0.3 is 5.73 Å². The number of nitriles is 1. The molecule has 0 aromatic heterocycles. The maximum Gasteiger partial charge on any atom is 0.253 e. The zero-order valence-electron chi connectivity index (χ0n) is 6.95. The van der Waals surface area contributed by atoms with Crippen LogP contribution in [0.1, 0.15) is 26.3 Å². The van der Waals surface area contributed by atoms with Crippen molar-refractivity contribution in [1.82, 2.24) is 0 Å². The van der Waals surface area contributed by atoms with E-state index < -0.39 is 17.3 Å². The molecule has 1 aromatic rings. The number of benzene rings is 1. The van der Waals surface area contributed by atoms with Gasteiger partial charge >= 0.3 is 0 Å². The van der Waals surface area contributed by atoms with E-state index in [1.807, 2.05) is 0 Å². The highest BCUT2D eigenvalue weighted by Crippen LogP contribution is 2.15. The normalized spacial score (nSPS) is 9.14. The number of hydrogen-bond acceptors (Lipinski definition) is 3. The molecule has 0 aliphatic rings. The average Bonchev–Trinajstić information content (AvgIpc) is 2.16. The van der Waals surface area contributed by atoms with Crippen molar-refractivity contribution in [1.29, 1.82) is 5.26 Å². The van der Waals surface area contributed by atoms with Crippen molar-refractivity contribution in [2.75, 3.05) is 0 Å². The highest BCUT2D eigenvalue weighted by atomic mass is 19.1. The summed E-state index contributed by atoms with van der Waals surface area (Å²) >= 11 is 0. The maximum atomic E-state index is 13.0. The molecular weight excluding hydrogens is 187 g/mol. The molecule has 4 nitrogen and oxygen atoms in total. The molecule has 0 radical (unpaired) electrons. The third kappa shape index (κ3) is 1.45. The Morgan fingerprint density at radius 3 is 2.64 bits per heavy atom. The summed E-state index contributed by atoms with van der Waals surface area (Å²) < 4.78 is 13.0. The van der Waals surface area contributed by atoms with Gasteiger partial charge in [-0.15, -0.1) is 0 Å². The van der Waals surface area contributed by atoms with E-state index in [-0.39, 0.29) is 11.1 Å². The van der Waals surface area contributed by atoms with E-state index in [9.17, 15) is 14.0 Å². The molecule has 5 heteroatoms. The molecular formula is C9H5FN2O2. The van der Waals surface area contributed by atoms with E-state index in [1.165, 1.54) is 0 Å². The third-order valence-electron chi connectivity index (χ3n) is 1.67. The van der Waals surface area contributed by atoms with Crippen LogP contribution in [0.15, 0.2) is 12.1 Å². The van der Waals surface area contributed by atoms with Crippen LogP contribution in [-0.2, 0) is 0 Å². The molecule has 0 unspecified atom stereocenters. The van der Waals surface area contributed by atoms with Crippen molar-refractivity contribution in [3.63, 3.8) is 0 Å². The fraction of sp³-hybridized carbons (Fsp3) is 0. The highest BCUT2D eigenvalue weighted by molar-refractivity contribution is 5.98. The van der Waals surface area contributed by atoms with Crippen LogP contribution >= 0.6 is 0 Å². The maximum absolute atomic E-state index is 13.0. The Bertz CT molecular complexity index is 449. The summed E-state index contributed by atoms with van der Waals surface area (Å²) in [4.78, 5) is 21.2. The number of aldehydes is 1. The Balaban J connectivity index is 3.61. The van der Waals surface area contributed by atoms with Crippen LogP contribution in [0.3, 0.4) is 0 Å². The first kappa shape index (κ1) is 9.86. The van der Waals surface area contributed by atoms with Crippen LogP contribution in [0.5, 0.6) is 0 Å². The van der Waals surface area contributed by atoms with Gasteiger partial charge in [-0.1, -0.05) is 0 Å². The molecule has 0 heterocycles. The lowest BCUT2D eigenvalue weighted by molar-refractivity contribution is 0.0996. The number of amides is 1. The fourth-order valence-electron chi connectivity index (χ4n) is 1.05. The lowest BCUT2D eigenvalue weighted by Gasteiger charge is -2.02. The SMILES string of the molecule is N#Cc1c(C=O)ccc(F)c1C(N)=O. The standard InChI is InChI=1S/C9H5FN2O2/c10-7-2-1-5(4-13)6(3-11)8(7)9(12)14/h1-2,4H,(H2,12,14). The number of primary amides is 1. The Hall–Kier alpha value is -2.22. The first-order chi connectivity index (χ1) is 6.61. The summed E-state index contributed by atoms with van der Waals surface area (Å²) in [5, 5.41) is 8.62. The summed E-state index contributed by atoms with van der Waals surface area (Å²) in [6.45, 7) is 0. The molecule has 70 valence electrons. The fourth-order valence-corrected chi connectivity index (χ4v) is 1.05. The van der Waals surface area contributed by atoms with Crippen molar-refractivity contribution in [3.05, 3.63) is 34.6 Å². The zero-order chi connectivity index (χ0) is 10.7. The first-order valence-corrected chi connectivity index (χ1v) is 3.59. The molecule has 14 heavy (non-hydrogen) atoms. The number of nitrogens with two attached hydrogens (primary N) is 1. The summed E-state index contributed by atoms with van der Waals surface area (Å²) in [6, 6.07) is 3.60. The van der Waals surface area contributed by atoms with Gasteiger partial charge in [-0.25, -0.2) is 4.39 Å². The number of nitrogens with zero attached hydrogens (tertiary/aromatic N) is 1. The van der Waals surface area contributed by atoms with Crippen molar-refractivity contribution < 1.29 is 14.0 Å². The van der Waals surface area contributed by atoms with Crippen molar-refractivity contribution in [2.45, 2.75) is 0 Å². The number of halogens is 1. The smallest absolute Gasteiger partial charge is 0.253 e. The van der Waals surface area contributed by atoms with Gasteiger partial charge in [-0.3, -0.25) is 9.59 Å². The quantitative estimate of drug-likeness (QED) is 0.696. The lowest BCUT2D eigenvalue weighted by atomic mass is 10.0. The number of hydrogen-bond donors (Lipinski definition) is 1. The summed E-state index contributed by atoms with van der Waals surface area (Å²) in [7, 11) is 0.